The van der Waals surface area contributed by atoms with Crippen LogP contribution in [-0.2, 0) is 36.9 Å². The Kier molecular flexibility index (Phi) is 8.42. The number of aromatic nitrogens is 1. The minimum absolute atomic E-state index is 0.0223. The molecular formula is C30H32F3N5O5S. The van der Waals surface area contributed by atoms with Gasteiger partial charge in [0.2, 0.25) is 11.8 Å². The molecule has 14 heteroatoms. The predicted molar refractivity (Wildman–Crippen MR) is 159 cm³/mol. The van der Waals surface area contributed by atoms with Crippen LogP contribution in [0.15, 0.2) is 48.7 Å². The van der Waals surface area contributed by atoms with Crippen LogP contribution in [0.1, 0.15) is 42.4 Å². The third-order valence-electron chi connectivity index (χ3n) is 7.90. The first-order chi connectivity index (χ1) is 20.7. The van der Waals surface area contributed by atoms with Crippen molar-refractivity contribution < 1.29 is 36.0 Å². The zero-order valence-electron chi connectivity index (χ0n) is 24.3. The van der Waals surface area contributed by atoms with Gasteiger partial charge in [-0.3, -0.25) is 19.4 Å². The van der Waals surface area contributed by atoms with Crippen molar-refractivity contribution in [2.24, 2.45) is 0 Å². The molecular weight excluding hydrogens is 599 g/mol. The number of para-hydroxylation sites is 1. The molecule has 3 amide bonds. The second kappa shape index (κ2) is 11.8. The third kappa shape index (κ3) is 6.55. The van der Waals surface area contributed by atoms with Crippen molar-refractivity contribution in [3.63, 3.8) is 0 Å². The number of nitrogens with one attached hydrogen (secondary N) is 2. The Morgan fingerprint density at radius 2 is 1.82 bits per heavy atom. The Hall–Kier alpha value is -4.04. The molecule has 0 saturated heterocycles. The molecule has 3 aromatic rings. The molecule has 44 heavy (non-hydrogen) atoms. The minimum Gasteiger partial charge on any atom is -0.341 e. The average Bonchev–Trinajstić information content (AvgIpc) is 3.81. The fraction of sp³-hybridized carbons (Fsp3) is 0.400. The highest BCUT2D eigenvalue weighted by Crippen LogP contribution is 2.45. The monoisotopic (exact) mass is 631 g/mol. The van der Waals surface area contributed by atoms with Crippen LogP contribution < -0.4 is 20.4 Å². The Balaban J connectivity index is 1.71. The number of sulfone groups is 1. The summed E-state index contributed by atoms with van der Waals surface area (Å²) < 4.78 is 66.0. The Labute approximate surface area is 252 Å². The van der Waals surface area contributed by atoms with E-state index in [1.807, 2.05) is 24.3 Å². The van der Waals surface area contributed by atoms with Crippen molar-refractivity contribution in [3.8, 4) is 0 Å². The number of pyridine rings is 1. The van der Waals surface area contributed by atoms with Gasteiger partial charge in [-0.15, -0.1) is 0 Å². The van der Waals surface area contributed by atoms with Crippen molar-refractivity contribution in [1.29, 1.82) is 0 Å². The smallest absolute Gasteiger partial charge is 0.341 e. The molecule has 1 aliphatic carbocycles. The Morgan fingerprint density at radius 1 is 1.11 bits per heavy atom. The first-order valence-electron chi connectivity index (χ1n) is 14.0. The number of carbonyl (C=O) groups excluding carboxylic acids is 3. The number of anilines is 2. The highest BCUT2D eigenvalue weighted by molar-refractivity contribution is 7.91. The van der Waals surface area contributed by atoms with E-state index in [1.54, 1.807) is 13.1 Å². The van der Waals surface area contributed by atoms with Crippen LogP contribution in [0.4, 0.5) is 24.5 Å². The zero-order chi connectivity index (χ0) is 32.0. The summed E-state index contributed by atoms with van der Waals surface area (Å²) in [6.45, 7) is 0.886. The van der Waals surface area contributed by atoms with Gasteiger partial charge in [-0.05, 0) is 68.1 Å². The van der Waals surface area contributed by atoms with Gasteiger partial charge in [-0.1, -0.05) is 18.2 Å². The van der Waals surface area contributed by atoms with E-state index in [4.69, 9.17) is 0 Å². The van der Waals surface area contributed by atoms with Crippen molar-refractivity contribution in [1.82, 2.24) is 15.6 Å². The molecule has 0 radical (unpaired) electrons. The minimum atomic E-state index is -4.79. The number of amides is 3. The van der Waals surface area contributed by atoms with Crippen molar-refractivity contribution in [2.45, 2.75) is 50.5 Å². The zero-order valence-corrected chi connectivity index (χ0v) is 25.1. The van der Waals surface area contributed by atoms with Crippen LogP contribution in [-0.4, -0.2) is 68.8 Å². The first kappa shape index (κ1) is 31.4. The molecule has 5 rings (SSSR count). The predicted octanol–water partition coefficient (Wildman–Crippen LogP) is 3.15. The van der Waals surface area contributed by atoms with E-state index in [0.29, 0.717) is 5.52 Å². The Bertz CT molecular complexity index is 1740. The van der Waals surface area contributed by atoms with Gasteiger partial charge in [0.15, 0.2) is 9.84 Å². The van der Waals surface area contributed by atoms with Crippen LogP contribution in [0, 0.1) is 0 Å². The molecule has 1 aliphatic heterocycles. The van der Waals surface area contributed by atoms with Crippen molar-refractivity contribution >= 4 is 49.8 Å². The number of likely N-dealkylation sites (N-methyl/N-ethyl adjacent to an activating group) is 1. The van der Waals surface area contributed by atoms with Gasteiger partial charge in [0.05, 0.1) is 41.6 Å². The van der Waals surface area contributed by atoms with Gasteiger partial charge < -0.3 is 20.4 Å². The van der Waals surface area contributed by atoms with E-state index < -0.39 is 63.7 Å². The molecule has 10 nitrogen and oxygen atoms in total. The van der Waals surface area contributed by atoms with Crippen LogP contribution in [0.2, 0.25) is 0 Å². The average molecular weight is 632 g/mol. The molecule has 1 fully saturated rings. The number of rotatable bonds is 8. The van der Waals surface area contributed by atoms with Gasteiger partial charge >= 0.3 is 6.18 Å². The SMILES string of the molecule is CN[C@@H](C)C(=O)N[C@H]1CN(C(=O)CS(C)(=O)=O)c2cc(C(F)(F)F)ccc2N(Cc2c(C3CC3)cnc3ccccc23)C1=O. The standard InChI is InChI=1S/C30H32F3N5O5S/c1-17(34-2)28(40)36-24-15-37(27(39)16-44(3,42)43)26-12-19(30(31,32)33)10-11-25(26)38(29(24)41)14-22-20-6-4-5-7-23(20)35-13-21(22)18-8-9-18/h4-7,10-13,17-18,24,34H,8-9,14-16H2,1-3H3,(H,36,40)/t17-,24-/m0/s1. The lowest BCUT2D eigenvalue weighted by molar-refractivity contribution is -0.137. The van der Waals surface area contributed by atoms with Gasteiger partial charge in [0.1, 0.15) is 11.8 Å². The van der Waals surface area contributed by atoms with E-state index >= 15 is 0 Å². The molecule has 0 spiro atoms. The number of fused-ring (bicyclic) bond motifs is 2. The lowest BCUT2D eigenvalue weighted by Crippen LogP contribution is -2.56. The lowest BCUT2D eigenvalue weighted by atomic mass is 9.99. The summed E-state index contributed by atoms with van der Waals surface area (Å²) in [5.74, 6) is -3.09. The summed E-state index contributed by atoms with van der Waals surface area (Å²) in [7, 11) is -2.37. The van der Waals surface area contributed by atoms with Crippen LogP contribution in [0.3, 0.4) is 0 Å². The molecule has 1 aromatic heterocycles. The maximum absolute atomic E-state index is 14.3. The maximum Gasteiger partial charge on any atom is 0.416 e. The number of nitrogens with zero attached hydrogens (tertiary/aromatic N) is 3. The van der Waals surface area contributed by atoms with Crippen LogP contribution in [0.25, 0.3) is 10.9 Å². The van der Waals surface area contributed by atoms with E-state index in [2.05, 4.69) is 15.6 Å². The van der Waals surface area contributed by atoms with Crippen LogP contribution in [0.5, 0.6) is 0 Å². The number of hydrogen-bond acceptors (Lipinski definition) is 7. The molecule has 2 heterocycles. The molecule has 0 unspecified atom stereocenters. The molecule has 1 saturated carbocycles. The summed E-state index contributed by atoms with van der Waals surface area (Å²) in [5, 5.41) is 6.14. The molecule has 2 aliphatic rings. The number of alkyl halides is 3. The van der Waals surface area contributed by atoms with Crippen molar-refractivity contribution in [2.75, 3.05) is 35.4 Å². The Morgan fingerprint density at radius 3 is 2.45 bits per heavy atom. The first-order valence-corrected chi connectivity index (χ1v) is 16.1. The van der Waals surface area contributed by atoms with E-state index in [9.17, 15) is 36.0 Å². The van der Waals surface area contributed by atoms with Gasteiger partial charge in [0, 0.05) is 17.8 Å². The van der Waals surface area contributed by atoms with E-state index in [1.165, 1.54) is 11.9 Å². The molecule has 2 N–H and O–H groups in total. The lowest BCUT2D eigenvalue weighted by Gasteiger charge is -2.28. The molecule has 2 atom stereocenters. The number of halogens is 3. The summed E-state index contributed by atoms with van der Waals surface area (Å²) in [6.07, 6.45) is -0.379. The molecule has 234 valence electrons. The summed E-state index contributed by atoms with van der Waals surface area (Å²) >= 11 is 0. The third-order valence-corrected chi connectivity index (χ3v) is 8.67. The van der Waals surface area contributed by atoms with Crippen molar-refractivity contribution in [3.05, 3.63) is 65.4 Å². The highest BCUT2D eigenvalue weighted by atomic mass is 32.2. The summed E-state index contributed by atoms with van der Waals surface area (Å²) in [4.78, 5) is 47.4. The molecule has 2 aromatic carbocycles. The van der Waals surface area contributed by atoms with Gasteiger partial charge in [-0.2, -0.15) is 13.2 Å². The number of hydrogen-bond donors (Lipinski definition) is 2. The normalized spacial score (nSPS) is 18.1. The quantitative estimate of drug-likeness (QED) is 0.391. The number of benzene rings is 2. The fourth-order valence-corrected chi connectivity index (χ4v) is 5.95. The van der Waals surface area contributed by atoms with Gasteiger partial charge in [0.25, 0.3) is 5.91 Å². The fourth-order valence-electron chi connectivity index (χ4n) is 5.34. The highest BCUT2D eigenvalue weighted by Gasteiger charge is 2.41. The number of carbonyl (C=O) groups is 3. The second-order valence-corrected chi connectivity index (χ2v) is 13.4. The topological polar surface area (TPSA) is 129 Å². The van der Waals surface area contributed by atoms with E-state index in [-0.39, 0.29) is 23.8 Å². The largest absolute Gasteiger partial charge is 0.416 e. The second-order valence-electron chi connectivity index (χ2n) is 11.3. The summed E-state index contributed by atoms with van der Waals surface area (Å²) in [5.41, 5.74) is 0.933. The molecule has 0 bridgehead atoms. The van der Waals surface area contributed by atoms with Gasteiger partial charge in [-0.25, -0.2) is 8.42 Å². The maximum atomic E-state index is 14.3. The van der Waals surface area contributed by atoms with E-state index in [0.717, 1.165) is 58.7 Å². The van der Waals surface area contributed by atoms with Crippen LogP contribution >= 0.6 is 0 Å². The summed E-state index contributed by atoms with van der Waals surface area (Å²) in [6, 6.07) is 7.83.